The largest absolute Gasteiger partial charge is 0.324 e. The van der Waals surface area contributed by atoms with E-state index in [0.29, 0.717) is 12.0 Å². The van der Waals surface area contributed by atoms with Crippen molar-refractivity contribution in [2.75, 3.05) is 11.1 Å². The topological polar surface area (TPSA) is 59.8 Å². The van der Waals surface area contributed by atoms with Crippen molar-refractivity contribution in [2.45, 2.75) is 55.6 Å². The Balaban J connectivity index is 1.16. The van der Waals surface area contributed by atoms with Crippen molar-refractivity contribution in [1.82, 2.24) is 14.8 Å². The van der Waals surface area contributed by atoms with Crippen molar-refractivity contribution in [1.29, 1.82) is 0 Å². The zero-order chi connectivity index (χ0) is 24.0. The predicted molar refractivity (Wildman–Crippen MR) is 147 cm³/mol. The van der Waals surface area contributed by atoms with E-state index >= 15 is 0 Å². The standard InChI is InChI=1S/C27H29BrN4OS2/c1-2-7-32-25(23-4-3-8-34-23)30-31-26(32)35-16-24(33)29-22-12-20(5-6-21(22)28)27-13-17-9-18(14-27)11-19(10-17)15-27/h2-6,8,12,17-19H,1,7,9-11,13-16H2,(H,29,33). The van der Waals surface area contributed by atoms with E-state index in [4.69, 9.17) is 0 Å². The molecule has 1 aromatic carbocycles. The number of aromatic nitrogens is 3. The number of allylic oxidation sites excluding steroid dienone is 1. The monoisotopic (exact) mass is 568 g/mol. The highest BCUT2D eigenvalue weighted by molar-refractivity contribution is 9.10. The molecule has 5 nitrogen and oxygen atoms in total. The molecule has 2 aromatic heterocycles. The molecule has 0 aliphatic heterocycles. The number of carbonyl (C=O) groups is 1. The zero-order valence-corrected chi connectivity index (χ0v) is 22.8. The van der Waals surface area contributed by atoms with E-state index in [2.05, 4.69) is 56.2 Å². The molecule has 8 heteroatoms. The Bertz CT molecular complexity index is 1220. The highest BCUT2D eigenvalue weighted by Crippen LogP contribution is 2.61. The van der Waals surface area contributed by atoms with E-state index in [1.54, 1.807) is 11.3 Å². The average molecular weight is 570 g/mol. The van der Waals surface area contributed by atoms with Crippen LogP contribution in [0.1, 0.15) is 44.1 Å². The van der Waals surface area contributed by atoms with E-state index in [0.717, 1.165) is 43.8 Å². The van der Waals surface area contributed by atoms with E-state index in [1.165, 1.54) is 55.9 Å². The molecule has 1 amide bonds. The molecular weight excluding hydrogens is 540 g/mol. The van der Waals surface area contributed by atoms with Gasteiger partial charge in [-0.25, -0.2) is 0 Å². The first-order chi connectivity index (χ1) is 17.0. The number of anilines is 1. The number of hydrogen-bond acceptors (Lipinski definition) is 5. The number of halogens is 1. The highest BCUT2D eigenvalue weighted by atomic mass is 79.9. The molecule has 4 bridgehead atoms. The molecule has 182 valence electrons. The van der Waals surface area contributed by atoms with Crippen molar-refractivity contribution in [3.63, 3.8) is 0 Å². The summed E-state index contributed by atoms with van der Waals surface area (Å²) in [4.78, 5) is 14.0. The Morgan fingerprint density at radius 1 is 1.20 bits per heavy atom. The minimum Gasteiger partial charge on any atom is -0.324 e. The van der Waals surface area contributed by atoms with Gasteiger partial charge in [-0.2, -0.15) is 0 Å². The number of thiophene rings is 1. The number of thioether (sulfide) groups is 1. The van der Waals surface area contributed by atoms with E-state index < -0.39 is 0 Å². The summed E-state index contributed by atoms with van der Waals surface area (Å²) >= 11 is 6.70. The molecule has 2 heterocycles. The number of hydrogen-bond donors (Lipinski definition) is 1. The van der Waals surface area contributed by atoms with Gasteiger partial charge >= 0.3 is 0 Å². The van der Waals surface area contributed by atoms with Gasteiger partial charge in [-0.05, 0) is 107 Å². The van der Waals surface area contributed by atoms with Gasteiger partial charge in [-0.15, -0.1) is 28.1 Å². The summed E-state index contributed by atoms with van der Waals surface area (Å²) in [7, 11) is 0. The highest BCUT2D eigenvalue weighted by Gasteiger charge is 2.51. The first-order valence-electron chi connectivity index (χ1n) is 12.3. The number of nitrogens with one attached hydrogen (secondary N) is 1. The van der Waals surface area contributed by atoms with E-state index in [-0.39, 0.29) is 11.7 Å². The lowest BCUT2D eigenvalue weighted by Crippen LogP contribution is -2.48. The summed E-state index contributed by atoms with van der Waals surface area (Å²) in [6.45, 7) is 4.47. The molecule has 0 radical (unpaired) electrons. The van der Waals surface area contributed by atoms with Crippen molar-refractivity contribution in [2.24, 2.45) is 17.8 Å². The summed E-state index contributed by atoms with van der Waals surface area (Å²) < 4.78 is 2.94. The maximum atomic E-state index is 13.0. The molecule has 35 heavy (non-hydrogen) atoms. The lowest BCUT2D eigenvalue weighted by Gasteiger charge is -2.57. The Hall–Kier alpha value is -1.90. The SMILES string of the molecule is C=CCn1c(SCC(=O)Nc2cc(C34CC5CC(CC(C5)C3)C4)ccc2Br)nnc1-c1cccs1. The first kappa shape index (κ1) is 23.5. The average Bonchev–Trinajstić information content (AvgIpc) is 3.48. The van der Waals surface area contributed by atoms with Crippen LogP contribution in [0.2, 0.25) is 0 Å². The summed E-state index contributed by atoms with van der Waals surface area (Å²) in [6.07, 6.45) is 10.1. The second-order valence-electron chi connectivity index (χ2n) is 10.4. The van der Waals surface area contributed by atoms with Gasteiger partial charge in [0.2, 0.25) is 5.91 Å². The summed E-state index contributed by atoms with van der Waals surface area (Å²) in [5, 5.41) is 14.6. The third-order valence-electron chi connectivity index (χ3n) is 7.99. The van der Waals surface area contributed by atoms with Gasteiger partial charge in [0, 0.05) is 11.0 Å². The summed E-state index contributed by atoms with van der Waals surface area (Å²) in [5.74, 6) is 3.73. The smallest absolute Gasteiger partial charge is 0.234 e. The van der Waals surface area contributed by atoms with Gasteiger partial charge in [0.25, 0.3) is 0 Å². The molecule has 1 N–H and O–H groups in total. The lowest BCUT2D eigenvalue weighted by molar-refractivity contribution is -0.113. The summed E-state index contributed by atoms with van der Waals surface area (Å²) in [5.41, 5.74) is 2.59. The fraction of sp³-hybridized carbons (Fsp3) is 0.444. The van der Waals surface area contributed by atoms with Gasteiger partial charge in [-0.3, -0.25) is 9.36 Å². The van der Waals surface area contributed by atoms with Gasteiger partial charge in [-0.1, -0.05) is 30.0 Å². The Kier molecular flexibility index (Phi) is 6.39. The maximum absolute atomic E-state index is 13.0. The van der Waals surface area contributed by atoms with Crippen molar-refractivity contribution in [3.05, 3.63) is 58.4 Å². The van der Waals surface area contributed by atoms with Gasteiger partial charge in [0.05, 0.1) is 16.3 Å². The molecule has 4 aliphatic rings. The first-order valence-corrected chi connectivity index (χ1v) is 15.0. The molecule has 4 aliphatic carbocycles. The molecule has 0 spiro atoms. The van der Waals surface area contributed by atoms with Crippen LogP contribution >= 0.6 is 39.0 Å². The lowest BCUT2D eigenvalue weighted by atomic mass is 9.48. The Morgan fingerprint density at radius 3 is 2.60 bits per heavy atom. The van der Waals surface area contributed by atoms with E-state index in [1.807, 2.05) is 28.2 Å². The van der Waals surface area contributed by atoms with Crippen LogP contribution in [0.3, 0.4) is 0 Å². The fourth-order valence-electron chi connectivity index (χ4n) is 7.01. The number of amides is 1. The minimum absolute atomic E-state index is 0.0378. The molecule has 4 fully saturated rings. The molecular formula is C27H29BrN4OS2. The third kappa shape index (κ3) is 4.53. The third-order valence-corrected chi connectivity index (χ3v) is 10.5. The second-order valence-corrected chi connectivity index (χ2v) is 13.2. The van der Waals surface area contributed by atoms with Crippen molar-refractivity contribution >= 4 is 50.6 Å². The Labute approximate surface area is 222 Å². The molecule has 0 atom stereocenters. The molecule has 0 unspecified atom stereocenters. The number of carbonyl (C=O) groups excluding carboxylic acids is 1. The van der Waals surface area contributed by atoms with Crippen LogP contribution in [0.5, 0.6) is 0 Å². The second kappa shape index (κ2) is 9.52. The number of nitrogens with zero attached hydrogens (tertiary/aromatic N) is 3. The van der Waals surface area contributed by atoms with Crippen LogP contribution in [0.4, 0.5) is 5.69 Å². The van der Waals surface area contributed by atoms with Crippen LogP contribution in [0.15, 0.2) is 58.0 Å². The van der Waals surface area contributed by atoms with Crippen LogP contribution in [0.25, 0.3) is 10.7 Å². The van der Waals surface area contributed by atoms with Crippen LogP contribution in [0, 0.1) is 17.8 Å². The maximum Gasteiger partial charge on any atom is 0.234 e. The molecule has 3 aromatic rings. The zero-order valence-electron chi connectivity index (χ0n) is 19.6. The van der Waals surface area contributed by atoms with Crippen molar-refractivity contribution in [3.8, 4) is 10.7 Å². The van der Waals surface area contributed by atoms with Gasteiger partial charge in [0.1, 0.15) is 0 Å². The molecule has 0 saturated heterocycles. The van der Waals surface area contributed by atoms with Crippen molar-refractivity contribution < 1.29 is 4.79 Å². The van der Waals surface area contributed by atoms with Crippen LogP contribution < -0.4 is 5.32 Å². The summed E-state index contributed by atoms with van der Waals surface area (Å²) in [6, 6.07) is 10.7. The minimum atomic E-state index is -0.0378. The predicted octanol–water partition coefficient (Wildman–Crippen LogP) is 7.15. The fourth-order valence-corrected chi connectivity index (χ4v) is 8.82. The number of benzene rings is 1. The normalized spacial score (nSPS) is 26.7. The van der Waals surface area contributed by atoms with Crippen LogP contribution in [-0.4, -0.2) is 26.4 Å². The van der Waals surface area contributed by atoms with Crippen LogP contribution in [-0.2, 0) is 16.8 Å². The van der Waals surface area contributed by atoms with Gasteiger partial charge < -0.3 is 5.32 Å². The van der Waals surface area contributed by atoms with E-state index in [9.17, 15) is 4.79 Å². The molecule has 4 saturated carbocycles. The van der Waals surface area contributed by atoms with Gasteiger partial charge in [0.15, 0.2) is 11.0 Å². The Morgan fingerprint density at radius 2 is 1.94 bits per heavy atom. The number of rotatable bonds is 8. The quantitative estimate of drug-likeness (QED) is 0.231. The molecule has 7 rings (SSSR count).